The average Bonchev–Trinajstić information content (AvgIpc) is 0.777. The van der Waals surface area contributed by atoms with Crippen molar-refractivity contribution in [3.63, 3.8) is 0 Å². The minimum atomic E-state index is -2.49. The van der Waals surface area contributed by atoms with Crippen LogP contribution in [0.25, 0.3) is 0 Å². The molecule has 7 heteroatoms. The quantitative estimate of drug-likeness (QED) is 0.0287. The van der Waals surface area contributed by atoms with E-state index < -0.39 is 16.6 Å². The first-order chi connectivity index (χ1) is 42.7. The maximum absolute atomic E-state index is 7.27. The van der Waals surface area contributed by atoms with Gasteiger partial charge in [-0.25, -0.2) is 0 Å². The lowest BCUT2D eigenvalue weighted by Crippen LogP contribution is -2.66. The molecule has 0 aromatic heterocycles. The molecule has 496 valence electrons. The van der Waals surface area contributed by atoms with Gasteiger partial charge < -0.3 is 23.1 Å². The predicted octanol–water partition coefficient (Wildman–Crippen LogP) is 20.6. The predicted molar refractivity (Wildman–Crippen MR) is 389 cm³/mol. The van der Waals surface area contributed by atoms with Crippen LogP contribution in [0.1, 0.15) is 231 Å². The minimum absolute atomic E-state index is 0.0174. The Morgan fingerprint density at radius 3 is 0.854 bits per heavy atom. The van der Waals surface area contributed by atoms with Gasteiger partial charge in [0.1, 0.15) is 6.10 Å². The zero-order chi connectivity index (χ0) is 64.4. The lowest BCUT2D eigenvalue weighted by Gasteiger charge is -2.43. The first-order valence-corrected chi connectivity index (χ1v) is 39.9. The minimum Gasteiger partial charge on any atom is -0.407 e. The average molecular weight is 1250 g/mol. The van der Waals surface area contributed by atoms with E-state index in [1.807, 2.05) is 0 Å². The van der Waals surface area contributed by atoms with Crippen molar-refractivity contribution in [2.24, 2.45) is 47.3 Å². The fourth-order valence-electron chi connectivity index (χ4n) is 13.9. The van der Waals surface area contributed by atoms with E-state index in [0.717, 1.165) is 62.9 Å². The highest BCUT2D eigenvalue weighted by atomic mass is 28.4. The van der Waals surface area contributed by atoms with E-state index in [-0.39, 0.29) is 16.2 Å². The summed E-state index contributed by atoms with van der Waals surface area (Å²) in [6, 6.07) is 54.8. The van der Waals surface area contributed by atoms with Crippen LogP contribution in [0.5, 0.6) is 0 Å². The fraction of sp³-hybridized carbons (Fsp3) is 0.634. The first kappa shape index (κ1) is 76.0. The summed E-state index contributed by atoms with van der Waals surface area (Å²) in [4.78, 5) is 0. The second kappa shape index (κ2) is 41.1. The summed E-state index contributed by atoms with van der Waals surface area (Å²) in [7, 11) is -4.98. The van der Waals surface area contributed by atoms with E-state index in [1.54, 1.807) is 0 Å². The Bertz CT molecular complexity index is 2440. The molecule has 5 rings (SSSR count). The molecule has 0 spiro atoms. The second-order valence-corrected chi connectivity index (χ2v) is 39.1. The van der Waals surface area contributed by atoms with Gasteiger partial charge in [0.2, 0.25) is 0 Å². The topological polar surface area (TPSA) is 46.2 Å². The van der Waals surface area contributed by atoms with Gasteiger partial charge >= 0.3 is 0 Å². The van der Waals surface area contributed by atoms with Gasteiger partial charge in [0.05, 0.1) is 19.8 Å². The van der Waals surface area contributed by atoms with Gasteiger partial charge in [0, 0.05) is 26.4 Å². The van der Waals surface area contributed by atoms with Crippen LogP contribution in [0.15, 0.2) is 152 Å². The number of hydrogen-bond acceptors (Lipinski definition) is 5. The number of benzene rings is 5. The third kappa shape index (κ3) is 27.1. The molecule has 5 aromatic carbocycles. The van der Waals surface area contributed by atoms with Crippen molar-refractivity contribution < 1.29 is 23.1 Å². The molecule has 0 bridgehead atoms. The van der Waals surface area contributed by atoms with Crippen molar-refractivity contribution in [3.8, 4) is 0 Å². The lowest BCUT2D eigenvalue weighted by molar-refractivity contribution is -0.0670. The summed E-state index contributed by atoms with van der Waals surface area (Å²) >= 11 is 0. The summed E-state index contributed by atoms with van der Waals surface area (Å²) in [5.41, 5.74) is 1.20. The molecular formula is C82H130O5Si2. The molecule has 0 aliphatic carbocycles. The molecule has 89 heavy (non-hydrogen) atoms. The van der Waals surface area contributed by atoms with Crippen LogP contribution in [0.3, 0.4) is 0 Å². The third-order valence-electron chi connectivity index (χ3n) is 19.8. The number of ether oxygens (including phenoxy) is 3. The summed E-state index contributed by atoms with van der Waals surface area (Å²) in [5, 5.41) is 5.52. The second-order valence-electron chi connectivity index (χ2n) is 30.5. The Labute approximate surface area is 549 Å². The Hall–Kier alpha value is -3.67. The molecule has 0 radical (unpaired) electrons. The maximum atomic E-state index is 7.27. The largest absolute Gasteiger partial charge is 0.407 e. The highest BCUT2D eigenvalue weighted by molar-refractivity contribution is 7.00. The van der Waals surface area contributed by atoms with E-state index in [9.17, 15) is 0 Å². The van der Waals surface area contributed by atoms with E-state index in [4.69, 9.17) is 23.1 Å². The van der Waals surface area contributed by atoms with Gasteiger partial charge in [0.25, 0.3) is 16.6 Å². The normalized spacial score (nSPS) is 15.7. The zero-order valence-corrected chi connectivity index (χ0v) is 61.3. The molecule has 9 atom stereocenters. The van der Waals surface area contributed by atoms with Gasteiger partial charge in [-0.1, -0.05) is 351 Å². The Morgan fingerprint density at radius 1 is 0.292 bits per heavy atom. The molecule has 5 nitrogen and oxygen atoms in total. The molecule has 5 aromatic rings. The lowest BCUT2D eigenvalue weighted by atomic mass is 9.90. The third-order valence-corrected chi connectivity index (χ3v) is 29.8. The van der Waals surface area contributed by atoms with Gasteiger partial charge in [0.15, 0.2) is 0 Å². The van der Waals surface area contributed by atoms with Crippen molar-refractivity contribution in [2.75, 3.05) is 39.6 Å². The maximum Gasteiger partial charge on any atom is 0.261 e. The van der Waals surface area contributed by atoms with Gasteiger partial charge in [-0.05, 0) is 109 Å². The summed E-state index contributed by atoms with van der Waals surface area (Å²) in [6.07, 6.45) is 25.7. The molecule has 0 unspecified atom stereocenters. The molecule has 0 N–H and O–H groups in total. The van der Waals surface area contributed by atoms with Crippen molar-refractivity contribution >= 4 is 37.4 Å². The molecule has 0 heterocycles. The van der Waals surface area contributed by atoms with E-state index in [2.05, 4.69) is 249 Å². The molecule has 0 saturated heterocycles. The molecule has 0 saturated carbocycles. The van der Waals surface area contributed by atoms with Crippen LogP contribution < -0.4 is 20.7 Å². The fourth-order valence-corrected chi connectivity index (χ4v) is 23.3. The number of hydrogen-bond donors (Lipinski definition) is 0. The van der Waals surface area contributed by atoms with Gasteiger partial charge in [-0.15, -0.1) is 0 Å². The molecule has 0 amide bonds. The van der Waals surface area contributed by atoms with Crippen LogP contribution in [-0.4, -0.2) is 62.4 Å². The highest BCUT2D eigenvalue weighted by Gasteiger charge is 2.51. The van der Waals surface area contributed by atoms with Crippen molar-refractivity contribution in [3.05, 3.63) is 157 Å². The number of rotatable bonds is 47. The summed E-state index contributed by atoms with van der Waals surface area (Å²) in [5.74, 6) is 5.53. The van der Waals surface area contributed by atoms with Crippen LogP contribution >= 0.6 is 0 Å². The monoisotopic (exact) mass is 1250 g/mol. The van der Waals surface area contributed by atoms with Gasteiger partial charge in [-0.3, -0.25) is 0 Å². The molecular weight excluding hydrogens is 1120 g/mol. The first-order valence-electron chi connectivity index (χ1n) is 36.0. The Balaban J connectivity index is 0.894. The van der Waals surface area contributed by atoms with E-state index in [1.165, 1.54) is 142 Å². The molecule has 0 fully saturated rings. The SMILES string of the molecule is C[C@H](CCC[C@H](C)CCC[C@H](C)CO[Si](c1ccccc1)(c1ccccc1)C(C)(C)C)CCC[C@@H](C)CCOC[C@@H](COCc1ccccc1)OCC[C@H](C)CCC[C@H](C)CCC[C@H](C)CCC[C@H](C)CO[Si](c1ccccc1)(c1ccccc1)C(C)(C)C. The van der Waals surface area contributed by atoms with Crippen LogP contribution in [0.2, 0.25) is 10.1 Å². The molecule has 0 aliphatic rings. The molecule has 0 aliphatic heterocycles. The Kier molecular flexibility index (Phi) is 35.1. The standard InChI is InChI=1S/C82H130O5Si2/c1-67(36-30-38-69(3)42-34-46-73(7)62-86-88(81(9,10)11,77-50-22-16-23-51-77)78-52-24-17-25-53-78)40-32-44-71(5)58-60-83-65-76(66-84-64-75-48-20-15-21-49-75)85-61-59-72(6)45-33-41-68(2)37-31-39-70(4)43-35-47-74(8)63-87-89(82(12,13)14,79-54-26-18-27-55-79)80-56-28-19-29-57-80/h15-29,48-57,67-74,76H,30-47,58-66H2,1-14H3/t67-,68-,69+,70+,71-,72-,73+,74+,76+/m1/s1. The van der Waals surface area contributed by atoms with E-state index >= 15 is 0 Å². The summed E-state index contributed by atoms with van der Waals surface area (Å²) in [6.45, 7) is 38.8. The smallest absolute Gasteiger partial charge is 0.261 e. The van der Waals surface area contributed by atoms with Crippen molar-refractivity contribution in [1.29, 1.82) is 0 Å². The van der Waals surface area contributed by atoms with Crippen LogP contribution in [-0.2, 0) is 29.7 Å². The van der Waals surface area contributed by atoms with Crippen molar-refractivity contribution in [2.45, 2.75) is 248 Å². The summed E-state index contributed by atoms with van der Waals surface area (Å²) < 4.78 is 33.6. The van der Waals surface area contributed by atoms with E-state index in [0.29, 0.717) is 43.5 Å². The zero-order valence-electron chi connectivity index (χ0n) is 59.3. The van der Waals surface area contributed by atoms with Gasteiger partial charge in [-0.2, -0.15) is 0 Å². The van der Waals surface area contributed by atoms with Crippen molar-refractivity contribution in [1.82, 2.24) is 0 Å². The van der Waals surface area contributed by atoms with Crippen LogP contribution in [0, 0.1) is 47.3 Å². The Morgan fingerprint density at radius 2 is 0.551 bits per heavy atom. The van der Waals surface area contributed by atoms with Crippen LogP contribution in [0.4, 0.5) is 0 Å². The highest BCUT2D eigenvalue weighted by Crippen LogP contribution is 2.39.